The minimum absolute atomic E-state index is 0.245. The number of alkyl halides is 4. The van der Waals surface area contributed by atoms with E-state index in [1.54, 1.807) is 0 Å². The molecule has 30 heavy (non-hydrogen) atoms. The van der Waals surface area contributed by atoms with Gasteiger partial charge in [0.1, 0.15) is 23.2 Å². The lowest BCUT2D eigenvalue weighted by molar-refractivity contribution is -0.136. The first-order valence-electron chi connectivity index (χ1n) is 8.29. The number of nitrogens with one attached hydrogen (secondary N) is 2. The average molecular weight is 469 g/mol. The quantitative estimate of drug-likeness (QED) is 0.250. The second-order valence-corrected chi connectivity index (χ2v) is 8.81. The Balaban J connectivity index is 2.29. The predicted octanol–water partition coefficient (Wildman–Crippen LogP) is 3.62. The Morgan fingerprint density at radius 1 is 1.13 bits per heavy atom. The number of halogens is 5. The molecule has 0 fully saturated rings. The molecule has 0 aromatic heterocycles. The van der Waals surface area contributed by atoms with E-state index in [4.69, 9.17) is 11.6 Å². The summed E-state index contributed by atoms with van der Waals surface area (Å²) in [6.45, 7) is 1.06. The van der Waals surface area contributed by atoms with Crippen LogP contribution in [0.4, 0.5) is 28.9 Å². The second kappa shape index (κ2) is 8.78. The molecule has 12 heteroatoms. The van der Waals surface area contributed by atoms with E-state index < -0.39 is 56.3 Å². The Kier molecular flexibility index (Phi) is 7.00. The van der Waals surface area contributed by atoms with Gasteiger partial charge in [-0.25, -0.2) is 12.8 Å². The van der Waals surface area contributed by atoms with E-state index in [0.717, 1.165) is 43.3 Å². The highest BCUT2D eigenvalue weighted by Gasteiger charge is 2.35. The molecule has 0 saturated carbocycles. The molecule has 0 radical (unpaired) electrons. The smallest absolute Gasteiger partial charge is 0.370 e. The Morgan fingerprint density at radius 3 is 2.27 bits per heavy atom. The molecule has 0 saturated heterocycles. The lowest BCUT2D eigenvalue weighted by Crippen LogP contribution is -2.41. The van der Waals surface area contributed by atoms with Crippen LogP contribution in [0.15, 0.2) is 47.4 Å². The van der Waals surface area contributed by atoms with Gasteiger partial charge in [0.05, 0.1) is 16.1 Å². The van der Waals surface area contributed by atoms with Crippen LogP contribution in [0.25, 0.3) is 0 Å². The van der Waals surface area contributed by atoms with Gasteiger partial charge in [-0.1, -0.05) is 0 Å². The third-order valence-corrected chi connectivity index (χ3v) is 5.95. The van der Waals surface area contributed by atoms with Gasteiger partial charge in [0.25, 0.3) is 0 Å². The molecule has 0 heterocycles. The van der Waals surface area contributed by atoms with Gasteiger partial charge in [0.2, 0.25) is 5.91 Å². The van der Waals surface area contributed by atoms with Crippen molar-refractivity contribution in [3.05, 3.63) is 53.8 Å². The second-order valence-electron chi connectivity index (χ2n) is 6.55. The van der Waals surface area contributed by atoms with Crippen LogP contribution in [0.2, 0.25) is 0 Å². The molecule has 2 aromatic rings. The molecular weight excluding hydrogens is 452 g/mol. The van der Waals surface area contributed by atoms with E-state index >= 15 is 0 Å². The molecule has 0 bridgehead atoms. The van der Waals surface area contributed by atoms with E-state index in [-0.39, 0.29) is 10.6 Å². The molecule has 1 unspecified atom stereocenters. The van der Waals surface area contributed by atoms with Crippen molar-refractivity contribution < 1.29 is 35.9 Å². The van der Waals surface area contributed by atoms with Crippen LogP contribution < -0.4 is 10.6 Å². The number of rotatable bonds is 7. The minimum atomic E-state index is -4.85. The third kappa shape index (κ3) is 6.31. The van der Waals surface area contributed by atoms with Crippen molar-refractivity contribution in [2.75, 3.05) is 22.3 Å². The normalized spacial score (nSPS) is 14.1. The molecule has 0 aliphatic heterocycles. The topological polar surface area (TPSA) is 95.5 Å². The number of hydrogen-bond acceptors (Lipinski definition) is 5. The van der Waals surface area contributed by atoms with E-state index in [2.05, 4.69) is 5.32 Å². The molecule has 2 rings (SSSR count). The van der Waals surface area contributed by atoms with Crippen LogP contribution in [-0.4, -0.2) is 36.8 Å². The molecule has 164 valence electrons. The summed E-state index contributed by atoms with van der Waals surface area (Å²) in [6.07, 6.45) is -4.85. The molecule has 1 amide bonds. The standard InChI is InChI=1S/C18H17ClF4N2O4S/c1-17(27,10-30(28,29)13-5-2-11(20)3-6-13)25-12-4-7-15(24-16(26)9-19)14(8-12)18(21,22)23/h2-8,25,27H,9-10H2,1H3,(H,24,26). The number of amides is 1. The fraction of sp³-hybridized carbons (Fsp3) is 0.278. The first-order chi connectivity index (χ1) is 13.7. The molecule has 0 spiro atoms. The number of aliphatic hydroxyl groups is 1. The van der Waals surface area contributed by atoms with Crippen molar-refractivity contribution in [3.8, 4) is 0 Å². The fourth-order valence-electron chi connectivity index (χ4n) is 2.59. The maximum Gasteiger partial charge on any atom is 0.418 e. The summed E-state index contributed by atoms with van der Waals surface area (Å²) in [5.74, 6) is -2.95. The number of carbonyl (C=O) groups excluding carboxylic acids is 1. The van der Waals surface area contributed by atoms with Crippen LogP contribution in [0.1, 0.15) is 12.5 Å². The number of carbonyl (C=O) groups is 1. The van der Waals surface area contributed by atoms with Gasteiger partial charge in [0.15, 0.2) is 9.84 Å². The van der Waals surface area contributed by atoms with Crippen LogP contribution in [-0.2, 0) is 20.8 Å². The van der Waals surface area contributed by atoms with Crippen LogP contribution in [0, 0.1) is 5.82 Å². The van der Waals surface area contributed by atoms with Crippen LogP contribution in [0.5, 0.6) is 0 Å². The SMILES string of the molecule is CC(O)(CS(=O)(=O)c1ccc(F)cc1)Nc1ccc(NC(=O)CCl)c(C(F)(F)F)c1. The average Bonchev–Trinajstić information content (AvgIpc) is 2.61. The van der Waals surface area contributed by atoms with Crippen molar-refractivity contribution in [1.29, 1.82) is 0 Å². The van der Waals surface area contributed by atoms with Crippen molar-refractivity contribution in [2.45, 2.75) is 23.7 Å². The van der Waals surface area contributed by atoms with Gasteiger partial charge in [0, 0.05) is 5.69 Å². The van der Waals surface area contributed by atoms with E-state index in [9.17, 15) is 35.9 Å². The van der Waals surface area contributed by atoms with Crippen molar-refractivity contribution in [1.82, 2.24) is 0 Å². The number of sulfone groups is 1. The first kappa shape index (κ1) is 23.9. The maximum atomic E-state index is 13.3. The Labute approximate surface area is 174 Å². The lowest BCUT2D eigenvalue weighted by atomic mass is 10.1. The Morgan fingerprint density at radius 2 is 1.73 bits per heavy atom. The van der Waals surface area contributed by atoms with Gasteiger partial charge in [-0.05, 0) is 49.4 Å². The first-order valence-corrected chi connectivity index (χ1v) is 10.5. The van der Waals surface area contributed by atoms with Crippen molar-refractivity contribution in [2.24, 2.45) is 0 Å². The molecule has 2 aromatic carbocycles. The molecule has 3 N–H and O–H groups in total. The largest absolute Gasteiger partial charge is 0.418 e. The summed E-state index contributed by atoms with van der Waals surface area (Å²) >= 11 is 5.29. The van der Waals surface area contributed by atoms with E-state index in [0.29, 0.717) is 6.07 Å². The lowest BCUT2D eigenvalue weighted by Gasteiger charge is -2.26. The predicted molar refractivity (Wildman–Crippen MR) is 103 cm³/mol. The highest BCUT2D eigenvalue weighted by molar-refractivity contribution is 7.91. The number of benzene rings is 2. The van der Waals surface area contributed by atoms with Crippen LogP contribution in [0.3, 0.4) is 0 Å². The summed E-state index contributed by atoms with van der Waals surface area (Å²) in [5.41, 5.74) is -4.18. The van der Waals surface area contributed by atoms with Gasteiger partial charge >= 0.3 is 6.18 Å². The highest BCUT2D eigenvalue weighted by atomic mass is 35.5. The van der Waals surface area contributed by atoms with Crippen molar-refractivity contribution in [3.63, 3.8) is 0 Å². The molecule has 0 aliphatic carbocycles. The summed E-state index contributed by atoms with van der Waals surface area (Å²) in [7, 11) is -4.09. The Bertz CT molecular complexity index is 1030. The fourth-order valence-corrected chi connectivity index (χ4v) is 4.19. The number of anilines is 2. The summed E-state index contributed by atoms with van der Waals surface area (Å²) in [5, 5.41) is 14.8. The zero-order valence-electron chi connectivity index (χ0n) is 15.4. The van der Waals surface area contributed by atoms with E-state index in [1.807, 2.05) is 5.32 Å². The zero-order valence-corrected chi connectivity index (χ0v) is 17.0. The summed E-state index contributed by atoms with van der Waals surface area (Å²) in [6, 6.07) is 6.56. The highest BCUT2D eigenvalue weighted by Crippen LogP contribution is 2.37. The molecule has 6 nitrogen and oxygen atoms in total. The third-order valence-electron chi connectivity index (χ3n) is 3.78. The minimum Gasteiger partial charge on any atom is -0.370 e. The zero-order chi connectivity index (χ0) is 22.7. The van der Waals surface area contributed by atoms with Crippen LogP contribution >= 0.6 is 11.6 Å². The van der Waals surface area contributed by atoms with Gasteiger partial charge in [-0.3, -0.25) is 4.79 Å². The monoisotopic (exact) mass is 468 g/mol. The molecule has 1 atom stereocenters. The molecular formula is C18H17ClF4N2O4S. The van der Waals surface area contributed by atoms with Gasteiger partial charge in [-0.2, -0.15) is 13.2 Å². The summed E-state index contributed by atoms with van der Waals surface area (Å²) < 4.78 is 77.8. The number of hydrogen-bond donors (Lipinski definition) is 3. The van der Waals surface area contributed by atoms with Gasteiger partial charge in [-0.15, -0.1) is 11.6 Å². The van der Waals surface area contributed by atoms with E-state index in [1.165, 1.54) is 0 Å². The summed E-state index contributed by atoms with van der Waals surface area (Å²) in [4.78, 5) is 11.1. The van der Waals surface area contributed by atoms with Gasteiger partial charge < -0.3 is 15.7 Å². The Hall–Kier alpha value is -2.37. The molecule has 0 aliphatic rings. The maximum absolute atomic E-state index is 13.3. The van der Waals surface area contributed by atoms with Crippen molar-refractivity contribution >= 4 is 38.7 Å².